The van der Waals surface area contributed by atoms with Crippen molar-refractivity contribution in [3.05, 3.63) is 39.9 Å². The van der Waals surface area contributed by atoms with E-state index in [1.54, 1.807) is 37.8 Å². The van der Waals surface area contributed by atoms with E-state index in [9.17, 15) is 10.1 Å². The van der Waals surface area contributed by atoms with E-state index in [2.05, 4.69) is 5.92 Å². The van der Waals surface area contributed by atoms with Gasteiger partial charge in [-0.25, -0.2) is 0 Å². The van der Waals surface area contributed by atoms with Gasteiger partial charge in [0.25, 0.3) is 5.69 Å². The van der Waals surface area contributed by atoms with Gasteiger partial charge in [0.15, 0.2) is 0 Å². The van der Waals surface area contributed by atoms with E-state index in [4.69, 9.17) is 6.42 Å². The van der Waals surface area contributed by atoms with E-state index in [0.717, 1.165) is 0 Å². The number of hydrogen-bond acceptors (Lipinski definition) is 2. The predicted molar refractivity (Wildman–Crippen MR) is 71.1 cm³/mol. The highest BCUT2D eigenvalue weighted by atomic mass is 16.6. The van der Waals surface area contributed by atoms with E-state index < -0.39 is 4.92 Å². The zero-order valence-corrected chi connectivity index (χ0v) is 10.3. The molecule has 0 spiro atoms. The van der Waals surface area contributed by atoms with Crippen LogP contribution in [0.3, 0.4) is 0 Å². The fraction of sp³-hybridized carbons (Fsp3) is 0.467. The van der Waals surface area contributed by atoms with Crippen molar-refractivity contribution in [2.24, 2.45) is 11.8 Å². The topological polar surface area (TPSA) is 43.1 Å². The van der Waals surface area contributed by atoms with Crippen molar-refractivity contribution in [1.82, 2.24) is 0 Å². The minimum atomic E-state index is -0.471. The first-order chi connectivity index (χ1) is 8.70. The largest absolute Gasteiger partial charge is 0.270 e. The van der Waals surface area contributed by atoms with Crippen molar-refractivity contribution < 1.29 is 4.92 Å². The van der Waals surface area contributed by atoms with Gasteiger partial charge in [-0.05, 0) is 30.7 Å². The zero-order chi connectivity index (χ0) is 13.0. The van der Waals surface area contributed by atoms with Crippen molar-refractivity contribution in [3.8, 4) is 12.3 Å². The summed E-state index contributed by atoms with van der Waals surface area (Å²) in [6.45, 7) is 0. The molecule has 2 atom stereocenters. The molecule has 2 saturated carbocycles. The van der Waals surface area contributed by atoms with Crippen molar-refractivity contribution in [2.75, 3.05) is 0 Å². The summed E-state index contributed by atoms with van der Waals surface area (Å²) in [6.07, 6.45) is 12.8. The third-order valence-electron chi connectivity index (χ3n) is 3.95. The smallest absolute Gasteiger partial charge is 0.258 e. The highest BCUT2D eigenvalue weighted by Crippen LogP contribution is 2.46. The summed E-state index contributed by atoms with van der Waals surface area (Å²) < 4.78 is 0. The molecule has 1 aromatic rings. The molecule has 3 heteroatoms. The van der Waals surface area contributed by atoms with Gasteiger partial charge < -0.3 is 0 Å². The van der Waals surface area contributed by atoms with Crippen LogP contribution in [0.15, 0.2) is 24.3 Å². The number of fused-ring (bicyclic) bond motifs is 1. The van der Waals surface area contributed by atoms with E-state index in [1.165, 1.54) is 30.4 Å². The molecule has 3 rings (SSSR count). The first kappa shape index (κ1) is 12.6. The van der Waals surface area contributed by atoms with E-state index in [1.807, 2.05) is 0 Å². The molecule has 18 heavy (non-hydrogen) atoms. The Morgan fingerprint density at radius 1 is 1.22 bits per heavy atom. The second-order valence-electron chi connectivity index (χ2n) is 4.98. The van der Waals surface area contributed by atoms with Gasteiger partial charge >= 0.3 is 0 Å². The summed E-state index contributed by atoms with van der Waals surface area (Å²) >= 11 is 0. The second kappa shape index (κ2) is 5.68. The number of hydrogen-bond donors (Lipinski definition) is 0. The summed E-state index contributed by atoms with van der Waals surface area (Å²) in [7, 11) is 0. The number of terminal acetylenes is 1. The molecule has 2 fully saturated rings. The Hall–Kier alpha value is -1.82. The summed E-state index contributed by atoms with van der Waals surface area (Å²) in [5.41, 5.74) is 0.555. The van der Waals surface area contributed by atoms with Gasteiger partial charge in [0.2, 0.25) is 0 Å². The van der Waals surface area contributed by atoms with Crippen LogP contribution in [0.4, 0.5) is 5.69 Å². The molecule has 0 N–H and O–H groups in total. The van der Waals surface area contributed by atoms with Crippen molar-refractivity contribution in [2.45, 2.75) is 32.1 Å². The third-order valence-corrected chi connectivity index (χ3v) is 3.95. The standard InChI is InChI=1S/C8H5NO2.C7H12/c1-2-7-4-3-5-8(6-7)9(10)11;1-2-6-4-5-7(6)3-1/h1,3-6H;6-7H,1-5H2. The van der Waals surface area contributed by atoms with Crippen LogP contribution in [0.25, 0.3) is 0 Å². The van der Waals surface area contributed by atoms with Crippen LogP contribution in [-0.2, 0) is 0 Å². The minimum Gasteiger partial charge on any atom is -0.258 e. The number of nitro groups is 1. The molecular formula is C15H17NO2. The lowest BCUT2D eigenvalue weighted by Gasteiger charge is -2.29. The number of non-ortho nitro benzene ring substituents is 1. The first-order valence-corrected chi connectivity index (χ1v) is 6.42. The molecular weight excluding hydrogens is 226 g/mol. The van der Waals surface area contributed by atoms with Gasteiger partial charge in [-0.1, -0.05) is 31.2 Å². The first-order valence-electron chi connectivity index (χ1n) is 6.42. The minimum absolute atomic E-state index is 0.0282. The lowest BCUT2D eigenvalue weighted by atomic mass is 9.77. The molecule has 94 valence electrons. The van der Waals surface area contributed by atoms with E-state index in [0.29, 0.717) is 5.56 Å². The quantitative estimate of drug-likeness (QED) is 0.428. The van der Waals surface area contributed by atoms with E-state index in [-0.39, 0.29) is 5.69 Å². The molecule has 0 heterocycles. The van der Waals surface area contributed by atoms with Crippen molar-refractivity contribution >= 4 is 5.69 Å². The van der Waals surface area contributed by atoms with Gasteiger partial charge in [0.1, 0.15) is 0 Å². The third kappa shape index (κ3) is 2.89. The molecule has 0 aromatic heterocycles. The number of benzene rings is 1. The Kier molecular flexibility index (Phi) is 3.99. The maximum Gasteiger partial charge on any atom is 0.270 e. The number of nitrogens with zero attached hydrogens (tertiary/aromatic N) is 1. The van der Waals surface area contributed by atoms with Crippen LogP contribution in [0.2, 0.25) is 0 Å². The van der Waals surface area contributed by atoms with Crippen LogP contribution >= 0.6 is 0 Å². The van der Waals surface area contributed by atoms with Gasteiger partial charge in [0.05, 0.1) is 4.92 Å². The lowest BCUT2D eigenvalue weighted by molar-refractivity contribution is -0.384. The summed E-state index contributed by atoms with van der Waals surface area (Å²) in [4.78, 5) is 9.73. The number of nitro benzene ring substituents is 1. The molecule has 3 nitrogen and oxygen atoms in total. The van der Waals surface area contributed by atoms with Crippen LogP contribution in [0.1, 0.15) is 37.7 Å². The molecule has 2 aliphatic rings. The second-order valence-corrected chi connectivity index (χ2v) is 4.98. The molecule has 2 aliphatic carbocycles. The SMILES string of the molecule is C#Cc1cccc([N+](=O)[O-])c1.C1CC2CCC2C1. The highest BCUT2D eigenvalue weighted by Gasteiger charge is 2.34. The summed E-state index contributed by atoms with van der Waals surface area (Å²) in [6, 6.07) is 5.97. The number of rotatable bonds is 1. The Balaban J connectivity index is 0.000000146. The molecule has 0 bridgehead atoms. The zero-order valence-electron chi connectivity index (χ0n) is 10.3. The predicted octanol–water partition coefficient (Wildman–Crippen LogP) is 3.77. The fourth-order valence-corrected chi connectivity index (χ4v) is 2.75. The average Bonchev–Trinajstić information content (AvgIpc) is 2.69. The van der Waals surface area contributed by atoms with Crippen molar-refractivity contribution in [3.63, 3.8) is 0 Å². The normalized spacial score (nSPS) is 23.9. The molecule has 0 saturated heterocycles. The van der Waals surface area contributed by atoms with E-state index >= 15 is 0 Å². The molecule has 0 aliphatic heterocycles. The van der Waals surface area contributed by atoms with Gasteiger partial charge in [-0.2, -0.15) is 0 Å². The highest BCUT2D eigenvalue weighted by molar-refractivity contribution is 5.41. The Labute approximate surface area is 107 Å². The monoisotopic (exact) mass is 243 g/mol. The summed E-state index contributed by atoms with van der Waals surface area (Å²) in [5, 5.41) is 10.2. The Bertz CT molecular complexity index is 466. The molecule has 0 radical (unpaired) electrons. The maximum absolute atomic E-state index is 10.2. The maximum atomic E-state index is 10.2. The fourth-order valence-electron chi connectivity index (χ4n) is 2.75. The summed E-state index contributed by atoms with van der Waals surface area (Å²) in [5.74, 6) is 4.71. The Morgan fingerprint density at radius 2 is 1.89 bits per heavy atom. The van der Waals surface area contributed by atoms with Crippen LogP contribution < -0.4 is 0 Å². The van der Waals surface area contributed by atoms with Crippen LogP contribution in [0, 0.1) is 34.3 Å². The molecule has 0 amide bonds. The van der Waals surface area contributed by atoms with Crippen molar-refractivity contribution in [1.29, 1.82) is 0 Å². The van der Waals surface area contributed by atoms with Gasteiger partial charge in [0, 0.05) is 17.7 Å². The lowest BCUT2D eigenvalue weighted by Crippen LogP contribution is -2.18. The van der Waals surface area contributed by atoms with Gasteiger partial charge in [-0.3, -0.25) is 10.1 Å². The molecule has 1 aromatic carbocycles. The van der Waals surface area contributed by atoms with Gasteiger partial charge in [-0.15, -0.1) is 6.42 Å². The van der Waals surface area contributed by atoms with Crippen LogP contribution in [-0.4, -0.2) is 4.92 Å². The Morgan fingerprint density at radius 3 is 2.33 bits per heavy atom. The van der Waals surface area contributed by atoms with Crippen LogP contribution in [0.5, 0.6) is 0 Å². The average molecular weight is 243 g/mol. The molecule has 2 unspecified atom stereocenters.